The van der Waals surface area contributed by atoms with Crippen LogP contribution in [-0.2, 0) is 9.59 Å². The molecule has 5 nitrogen and oxygen atoms in total. The van der Waals surface area contributed by atoms with Crippen LogP contribution < -0.4 is 10.2 Å². The standard InChI is InChI=1S/C20H19N3O2/c1-14-8-10-17(11-9-14)23(15(2)24)13-19(25)22-18-7-3-5-16-6-4-12-21-20(16)18/h3-12H,13H2,1-2H3,(H,22,25). The highest BCUT2D eigenvalue weighted by Crippen LogP contribution is 2.21. The number of para-hydroxylation sites is 1. The molecule has 0 aliphatic rings. The molecule has 126 valence electrons. The minimum Gasteiger partial charge on any atom is -0.323 e. The van der Waals surface area contributed by atoms with Crippen LogP contribution in [0.5, 0.6) is 0 Å². The van der Waals surface area contributed by atoms with Crippen molar-refractivity contribution < 1.29 is 9.59 Å². The van der Waals surface area contributed by atoms with Crippen LogP contribution >= 0.6 is 0 Å². The molecule has 0 aliphatic carbocycles. The number of fused-ring (bicyclic) bond motifs is 1. The Kier molecular flexibility index (Phi) is 4.75. The van der Waals surface area contributed by atoms with E-state index in [2.05, 4.69) is 10.3 Å². The van der Waals surface area contributed by atoms with Crippen molar-refractivity contribution in [3.8, 4) is 0 Å². The molecule has 5 heteroatoms. The summed E-state index contributed by atoms with van der Waals surface area (Å²) >= 11 is 0. The first-order valence-corrected chi connectivity index (χ1v) is 8.03. The third-order valence-electron chi connectivity index (χ3n) is 3.93. The van der Waals surface area contributed by atoms with Crippen molar-refractivity contribution in [2.24, 2.45) is 0 Å². The van der Waals surface area contributed by atoms with E-state index >= 15 is 0 Å². The summed E-state index contributed by atoms with van der Waals surface area (Å²) in [7, 11) is 0. The van der Waals surface area contributed by atoms with Crippen LogP contribution in [0.1, 0.15) is 12.5 Å². The first-order chi connectivity index (χ1) is 12.0. The molecule has 0 bridgehead atoms. The van der Waals surface area contributed by atoms with Crippen molar-refractivity contribution in [2.75, 3.05) is 16.8 Å². The highest BCUT2D eigenvalue weighted by atomic mass is 16.2. The van der Waals surface area contributed by atoms with Crippen LogP contribution in [0.4, 0.5) is 11.4 Å². The number of aryl methyl sites for hydroxylation is 1. The Morgan fingerprint density at radius 3 is 2.48 bits per heavy atom. The van der Waals surface area contributed by atoms with E-state index in [1.165, 1.54) is 11.8 Å². The zero-order chi connectivity index (χ0) is 17.8. The van der Waals surface area contributed by atoms with Gasteiger partial charge in [0.15, 0.2) is 0 Å². The molecule has 0 saturated carbocycles. The van der Waals surface area contributed by atoms with E-state index < -0.39 is 0 Å². The molecule has 0 radical (unpaired) electrons. The molecule has 2 aromatic carbocycles. The first-order valence-electron chi connectivity index (χ1n) is 8.03. The van der Waals surface area contributed by atoms with Gasteiger partial charge < -0.3 is 10.2 Å². The molecule has 25 heavy (non-hydrogen) atoms. The van der Waals surface area contributed by atoms with Crippen molar-refractivity contribution in [1.82, 2.24) is 4.98 Å². The Morgan fingerprint density at radius 2 is 1.76 bits per heavy atom. The maximum Gasteiger partial charge on any atom is 0.244 e. The van der Waals surface area contributed by atoms with Crippen LogP contribution in [0.25, 0.3) is 10.9 Å². The van der Waals surface area contributed by atoms with Gasteiger partial charge in [-0.2, -0.15) is 0 Å². The molecule has 0 unspecified atom stereocenters. The number of anilines is 2. The second-order valence-electron chi connectivity index (χ2n) is 5.87. The summed E-state index contributed by atoms with van der Waals surface area (Å²) in [5, 5.41) is 3.80. The Balaban J connectivity index is 1.80. The second-order valence-corrected chi connectivity index (χ2v) is 5.87. The van der Waals surface area contributed by atoms with Gasteiger partial charge in [0.05, 0.1) is 11.2 Å². The highest BCUT2D eigenvalue weighted by molar-refractivity contribution is 6.05. The lowest BCUT2D eigenvalue weighted by molar-refractivity contribution is -0.120. The van der Waals surface area contributed by atoms with Gasteiger partial charge in [0, 0.05) is 24.2 Å². The van der Waals surface area contributed by atoms with Gasteiger partial charge in [0.1, 0.15) is 6.54 Å². The van der Waals surface area contributed by atoms with Crippen molar-refractivity contribution >= 4 is 34.1 Å². The number of carbonyl (C=O) groups excluding carboxylic acids is 2. The van der Waals surface area contributed by atoms with Crippen LogP contribution in [0.15, 0.2) is 60.8 Å². The zero-order valence-corrected chi connectivity index (χ0v) is 14.2. The van der Waals surface area contributed by atoms with E-state index in [-0.39, 0.29) is 18.4 Å². The van der Waals surface area contributed by atoms with Gasteiger partial charge in [-0.05, 0) is 31.2 Å². The summed E-state index contributed by atoms with van der Waals surface area (Å²) in [5.74, 6) is -0.455. The quantitative estimate of drug-likeness (QED) is 0.794. The topological polar surface area (TPSA) is 62.3 Å². The number of carbonyl (C=O) groups is 2. The predicted molar refractivity (Wildman–Crippen MR) is 99.6 cm³/mol. The van der Waals surface area contributed by atoms with Crippen molar-refractivity contribution in [2.45, 2.75) is 13.8 Å². The number of aromatic nitrogens is 1. The smallest absolute Gasteiger partial charge is 0.244 e. The van der Waals surface area contributed by atoms with Gasteiger partial charge in [-0.1, -0.05) is 35.9 Å². The Labute approximate surface area is 146 Å². The Bertz CT molecular complexity index is 914. The summed E-state index contributed by atoms with van der Waals surface area (Å²) in [6.45, 7) is 3.37. The molecule has 0 fully saturated rings. The summed E-state index contributed by atoms with van der Waals surface area (Å²) in [4.78, 5) is 30.2. The molecule has 0 saturated heterocycles. The van der Waals surface area contributed by atoms with Crippen LogP contribution in [0, 0.1) is 6.92 Å². The number of rotatable bonds is 4. The molecule has 0 spiro atoms. The average molecular weight is 333 g/mol. The van der Waals surface area contributed by atoms with Gasteiger partial charge in [0.2, 0.25) is 11.8 Å². The minimum atomic E-state index is -0.270. The summed E-state index contributed by atoms with van der Waals surface area (Å²) in [6.07, 6.45) is 1.69. The predicted octanol–water partition coefficient (Wildman–Crippen LogP) is 3.53. The number of hydrogen-bond donors (Lipinski definition) is 1. The molecular weight excluding hydrogens is 314 g/mol. The molecule has 1 N–H and O–H groups in total. The fraction of sp³-hybridized carbons (Fsp3) is 0.150. The van der Waals surface area contributed by atoms with Crippen molar-refractivity contribution in [3.05, 3.63) is 66.4 Å². The number of pyridine rings is 1. The van der Waals surface area contributed by atoms with Crippen molar-refractivity contribution in [1.29, 1.82) is 0 Å². The fourth-order valence-electron chi connectivity index (χ4n) is 2.65. The maximum absolute atomic E-state index is 12.5. The van der Waals surface area contributed by atoms with E-state index in [1.54, 1.807) is 12.3 Å². The highest BCUT2D eigenvalue weighted by Gasteiger charge is 2.16. The van der Waals surface area contributed by atoms with E-state index in [4.69, 9.17) is 0 Å². The van der Waals surface area contributed by atoms with E-state index in [0.717, 1.165) is 16.5 Å². The molecule has 0 atom stereocenters. The monoisotopic (exact) mass is 333 g/mol. The number of nitrogens with zero attached hydrogens (tertiary/aromatic N) is 2. The van der Waals surface area contributed by atoms with Gasteiger partial charge in [-0.15, -0.1) is 0 Å². The zero-order valence-electron chi connectivity index (χ0n) is 14.2. The molecular formula is C20H19N3O2. The van der Waals surface area contributed by atoms with E-state index in [9.17, 15) is 9.59 Å². The van der Waals surface area contributed by atoms with Crippen molar-refractivity contribution in [3.63, 3.8) is 0 Å². The molecule has 3 aromatic rings. The van der Waals surface area contributed by atoms with Gasteiger partial charge in [-0.3, -0.25) is 14.6 Å². The van der Waals surface area contributed by atoms with Crippen LogP contribution in [0.3, 0.4) is 0 Å². The minimum absolute atomic E-state index is 0.0540. The van der Waals surface area contributed by atoms with Gasteiger partial charge >= 0.3 is 0 Å². The molecule has 1 heterocycles. The van der Waals surface area contributed by atoms with Gasteiger partial charge in [-0.25, -0.2) is 0 Å². The second kappa shape index (κ2) is 7.13. The lowest BCUT2D eigenvalue weighted by atomic mass is 10.2. The molecule has 0 aliphatic heterocycles. The number of amides is 2. The number of nitrogens with one attached hydrogen (secondary N) is 1. The third-order valence-corrected chi connectivity index (χ3v) is 3.93. The first kappa shape index (κ1) is 16.6. The summed E-state index contributed by atoms with van der Waals surface area (Å²) in [6, 6.07) is 16.9. The fourth-order valence-corrected chi connectivity index (χ4v) is 2.65. The lowest BCUT2D eigenvalue weighted by Crippen LogP contribution is -2.36. The van der Waals surface area contributed by atoms with E-state index in [0.29, 0.717) is 11.4 Å². The molecule has 3 rings (SSSR count). The number of benzene rings is 2. The van der Waals surface area contributed by atoms with E-state index in [1.807, 2.05) is 55.5 Å². The lowest BCUT2D eigenvalue weighted by Gasteiger charge is -2.21. The largest absolute Gasteiger partial charge is 0.323 e. The average Bonchev–Trinajstić information content (AvgIpc) is 2.61. The van der Waals surface area contributed by atoms with Crippen LogP contribution in [-0.4, -0.2) is 23.3 Å². The maximum atomic E-state index is 12.5. The van der Waals surface area contributed by atoms with Crippen LogP contribution in [0.2, 0.25) is 0 Å². The Hall–Kier alpha value is -3.21. The normalized spacial score (nSPS) is 10.5. The Morgan fingerprint density at radius 1 is 1.04 bits per heavy atom. The molecule has 1 aromatic heterocycles. The number of hydrogen-bond acceptors (Lipinski definition) is 3. The third kappa shape index (κ3) is 3.83. The SMILES string of the molecule is CC(=O)N(CC(=O)Nc1cccc2cccnc12)c1ccc(C)cc1. The summed E-state index contributed by atoms with van der Waals surface area (Å²) < 4.78 is 0. The molecule has 2 amide bonds. The summed E-state index contributed by atoms with van der Waals surface area (Å²) in [5.41, 5.74) is 3.15. The van der Waals surface area contributed by atoms with Gasteiger partial charge in [0.25, 0.3) is 0 Å².